The van der Waals surface area contributed by atoms with Gasteiger partial charge in [-0.3, -0.25) is 9.48 Å². The molecule has 21 heavy (non-hydrogen) atoms. The molecule has 0 atom stereocenters. The lowest BCUT2D eigenvalue weighted by Crippen LogP contribution is -2.34. The Hall–Kier alpha value is -2.30. The van der Waals surface area contributed by atoms with Crippen molar-refractivity contribution in [1.82, 2.24) is 14.7 Å². The van der Waals surface area contributed by atoms with Gasteiger partial charge in [-0.1, -0.05) is 12.1 Å². The average Bonchev–Trinajstić information content (AvgIpc) is 2.75. The molecule has 0 spiro atoms. The molecule has 0 bridgehead atoms. The smallest absolute Gasteiger partial charge is 0.219 e. The second-order valence-electron chi connectivity index (χ2n) is 5.58. The third-order valence-corrected chi connectivity index (χ3v) is 3.97. The van der Waals surface area contributed by atoms with Gasteiger partial charge in [0.1, 0.15) is 0 Å². The topological polar surface area (TPSA) is 50.2 Å². The van der Waals surface area contributed by atoms with E-state index in [0.29, 0.717) is 6.54 Å². The van der Waals surface area contributed by atoms with Gasteiger partial charge in [-0.2, -0.15) is 5.10 Å². The Labute approximate surface area is 124 Å². The molecule has 0 saturated carbocycles. The lowest BCUT2D eigenvalue weighted by Gasteiger charge is -2.26. The predicted octanol–water partition coefficient (Wildman–Crippen LogP) is 2.38. The Morgan fingerprint density at radius 1 is 1.38 bits per heavy atom. The van der Waals surface area contributed by atoms with Crippen molar-refractivity contribution in [3.05, 3.63) is 41.1 Å². The molecule has 1 aromatic heterocycles. The van der Waals surface area contributed by atoms with Crippen molar-refractivity contribution in [1.29, 1.82) is 0 Å². The highest BCUT2D eigenvalue weighted by atomic mass is 16.2. The van der Waals surface area contributed by atoms with Crippen LogP contribution < -0.4 is 5.32 Å². The summed E-state index contributed by atoms with van der Waals surface area (Å²) in [6, 6.07) is 8.21. The maximum atomic E-state index is 11.6. The fourth-order valence-corrected chi connectivity index (χ4v) is 2.82. The quantitative estimate of drug-likeness (QED) is 0.921. The van der Waals surface area contributed by atoms with Crippen molar-refractivity contribution in [3.8, 4) is 0 Å². The zero-order valence-electron chi connectivity index (χ0n) is 12.7. The summed E-state index contributed by atoms with van der Waals surface area (Å²) in [5.41, 5.74) is 4.56. The SMILES string of the molecule is CC(=O)N1CCc2c(c(Nc3cccc(C)c3)nn2C)C1. The molecule has 1 aliphatic rings. The summed E-state index contributed by atoms with van der Waals surface area (Å²) in [7, 11) is 1.96. The monoisotopic (exact) mass is 284 g/mol. The molecule has 2 aromatic rings. The first-order valence-electron chi connectivity index (χ1n) is 7.18. The number of carbonyl (C=O) groups is 1. The Bertz CT molecular complexity index is 690. The maximum Gasteiger partial charge on any atom is 0.219 e. The van der Waals surface area contributed by atoms with Crippen molar-refractivity contribution in [2.45, 2.75) is 26.8 Å². The van der Waals surface area contributed by atoms with Gasteiger partial charge in [-0.05, 0) is 24.6 Å². The summed E-state index contributed by atoms with van der Waals surface area (Å²) < 4.78 is 1.92. The largest absolute Gasteiger partial charge is 0.338 e. The molecule has 2 heterocycles. The summed E-state index contributed by atoms with van der Waals surface area (Å²) in [5, 5.41) is 7.96. The van der Waals surface area contributed by atoms with Crippen LogP contribution in [-0.2, 0) is 24.8 Å². The van der Waals surface area contributed by atoms with E-state index in [2.05, 4.69) is 29.5 Å². The normalized spacial score (nSPS) is 14.0. The number of hydrogen-bond donors (Lipinski definition) is 1. The van der Waals surface area contributed by atoms with Crippen LogP contribution in [0.1, 0.15) is 23.7 Å². The molecule has 1 aliphatic heterocycles. The number of aromatic nitrogens is 2. The van der Waals surface area contributed by atoms with Crippen LogP contribution in [0.3, 0.4) is 0 Å². The number of nitrogens with zero attached hydrogens (tertiary/aromatic N) is 3. The van der Waals surface area contributed by atoms with Gasteiger partial charge in [0.2, 0.25) is 5.91 Å². The Morgan fingerprint density at radius 3 is 2.90 bits per heavy atom. The molecule has 110 valence electrons. The zero-order chi connectivity index (χ0) is 15.0. The number of nitrogens with one attached hydrogen (secondary N) is 1. The van der Waals surface area contributed by atoms with Crippen LogP contribution in [0.5, 0.6) is 0 Å². The van der Waals surface area contributed by atoms with Crippen molar-refractivity contribution in [2.24, 2.45) is 7.05 Å². The minimum Gasteiger partial charge on any atom is -0.338 e. The number of rotatable bonds is 2. The second kappa shape index (κ2) is 5.24. The summed E-state index contributed by atoms with van der Waals surface area (Å²) in [4.78, 5) is 13.5. The number of carbonyl (C=O) groups excluding carboxylic acids is 1. The van der Waals surface area contributed by atoms with Crippen molar-refractivity contribution < 1.29 is 4.79 Å². The van der Waals surface area contributed by atoms with E-state index < -0.39 is 0 Å². The number of amides is 1. The molecule has 1 aromatic carbocycles. The highest BCUT2D eigenvalue weighted by Crippen LogP contribution is 2.28. The number of fused-ring (bicyclic) bond motifs is 1. The molecule has 1 amide bonds. The van der Waals surface area contributed by atoms with E-state index >= 15 is 0 Å². The number of hydrogen-bond acceptors (Lipinski definition) is 3. The molecule has 5 heteroatoms. The maximum absolute atomic E-state index is 11.6. The molecular weight excluding hydrogens is 264 g/mol. The van der Waals surface area contributed by atoms with Gasteiger partial charge >= 0.3 is 0 Å². The van der Waals surface area contributed by atoms with Crippen LogP contribution in [0.25, 0.3) is 0 Å². The van der Waals surface area contributed by atoms with E-state index in [-0.39, 0.29) is 5.91 Å². The van der Waals surface area contributed by atoms with E-state index in [1.165, 1.54) is 11.3 Å². The number of benzene rings is 1. The molecule has 1 N–H and O–H groups in total. The Balaban J connectivity index is 1.92. The van der Waals surface area contributed by atoms with Crippen LogP contribution in [0.4, 0.5) is 11.5 Å². The minimum atomic E-state index is 0.117. The van der Waals surface area contributed by atoms with E-state index in [1.807, 2.05) is 28.8 Å². The molecule has 0 saturated heterocycles. The number of anilines is 2. The molecule has 5 nitrogen and oxygen atoms in total. The van der Waals surface area contributed by atoms with E-state index in [1.54, 1.807) is 6.92 Å². The number of aryl methyl sites for hydroxylation is 2. The zero-order valence-corrected chi connectivity index (χ0v) is 12.7. The molecule has 0 unspecified atom stereocenters. The van der Waals surface area contributed by atoms with Crippen molar-refractivity contribution in [2.75, 3.05) is 11.9 Å². The van der Waals surface area contributed by atoms with Crippen LogP contribution in [0, 0.1) is 6.92 Å². The van der Waals surface area contributed by atoms with Crippen molar-refractivity contribution in [3.63, 3.8) is 0 Å². The lowest BCUT2D eigenvalue weighted by molar-refractivity contribution is -0.129. The average molecular weight is 284 g/mol. The Kier molecular flexibility index (Phi) is 3.41. The van der Waals surface area contributed by atoms with Gasteiger partial charge in [0.15, 0.2) is 5.82 Å². The van der Waals surface area contributed by atoms with E-state index in [4.69, 9.17) is 0 Å². The summed E-state index contributed by atoms with van der Waals surface area (Å²) in [5.74, 6) is 0.968. The summed E-state index contributed by atoms with van der Waals surface area (Å²) in [6.07, 6.45) is 0.855. The molecule has 0 radical (unpaired) electrons. The summed E-state index contributed by atoms with van der Waals surface area (Å²) in [6.45, 7) is 5.09. The predicted molar refractivity (Wildman–Crippen MR) is 82.5 cm³/mol. The molecule has 0 aliphatic carbocycles. The van der Waals surface area contributed by atoms with Gasteiger partial charge in [0.25, 0.3) is 0 Å². The third kappa shape index (κ3) is 2.63. The van der Waals surface area contributed by atoms with E-state index in [9.17, 15) is 4.79 Å². The van der Waals surface area contributed by atoms with Gasteiger partial charge in [-0.25, -0.2) is 0 Å². The third-order valence-electron chi connectivity index (χ3n) is 3.97. The standard InChI is InChI=1S/C16H20N4O/c1-11-5-4-6-13(9-11)17-16-14-10-20(12(2)21)8-7-15(14)19(3)18-16/h4-6,9H,7-8,10H2,1-3H3,(H,17,18). The van der Waals surface area contributed by atoms with Gasteiger partial charge in [0, 0.05) is 43.9 Å². The highest BCUT2D eigenvalue weighted by Gasteiger charge is 2.25. The van der Waals surface area contributed by atoms with Crippen LogP contribution in [-0.4, -0.2) is 27.1 Å². The minimum absolute atomic E-state index is 0.117. The van der Waals surface area contributed by atoms with Crippen LogP contribution in [0.15, 0.2) is 24.3 Å². The lowest BCUT2D eigenvalue weighted by atomic mass is 10.1. The fraction of sp³-hybridized carbons (Fsp3) is 0.375. The van der Waals surface area contributed by atoms with Crippen LogP contribution in [0.2, 0.25) is 0 Å². The van der Waals surface area contributed by atoms with Crippen LogP contribution >= 0.6 is 0 Å². The van der Waals surface area contributed by atoms with Crippen molar-refractivity contribution >= 4 is 17.4 Å². The molecular formula is C16H20N4O. The van der Waals surface area contributed by atoms with Gasteiger partial charge in [0.05, 0.1) is 6.54 Å². The first-order valence-corrected chi connectivity index (χ1v) is 7.18. The fourth-order valence-electron chi connectivity index (χ4n) is 2.82. The van der Waals surface area contributed by atoms with Gasteiger partial charge in [-0.15, -0.1) is 0 Å². The second-order valence-corrected chi connectivity index (χ2v) is 5.58. The molecule has 3 rings (SSSR count). The first-order chi connectivity index (χ1) is 10.0. The van der Waals surface area contributed by atoms with E-state index in [0.717, 1.165) is 30.0 Å². The first kappa shape index (κ1) is 13.7. The Morgan fingerprint density at radius 2 is 2.19 bits per heavy atom. The van der Waals surface area contributed by atoms with Gasteiger partial charge < -0.3 is 10.2 Å². The molecule has 0 fully saturated rings. The summed E-state index contributed by atoms with van der Waals surface area (Å²) >= 11 is 0. The highest BCUT2D eigenvalue weighted by molar-refractivity contribution is 5.74.